The molecule has 0 N–H and O–H groups in total. The second kappa shape index (κ2) is 4.51. The highest BCUT2D eigenvalue weighted by atomic mass is 79.9. The molecular weight excluding hydrogens is 226 g/mol. The van der Waals surface area contributed by atoms with Crippen LogP contribution in [0.1, 0.15) is 5.56 Å². The smallest absolute Gasteiger partial charge is 0.0730 e. The zero-order chi connectivity index (χ0) is 8.10. The van der Waals surface area contributed by atoms with Gasteiger partial charge in [0, 0.05) is 15.9 Å². The maximum Gasteiger partial charge on any atom is 0.0730 e. The molecule has 0 bridgehead atoms. The highest BCUT2D eigenvalue weighted by Gasteiger charge is 1.88. The Kier molecular flexibility index (Phi) is 3.59. The van der Waals surface area contributed by atoms with Crippen LogP contribution in [0.15, 0.2) is 33.1 Å². The summed E-state index contributed by atoms with van der Waals surface area (Å²) in [4.78, 5) is 0. The lowest BCUT2D eigenvalue weighted by atomic mass is 10.2. The fraction of sp³-hybridized carbons (Fsp3) is 0.143. The average molecular weight is 234 g/mol. The summed E-state index contributed by atoms with van der Waals surface area (Å²) in [5, 5.41) is 0. The first-order valence-electron chi connectivity index (χ1n) is 3.11. The molecule has 0 saturated carbocycles. The van der Waals surface area contributed by atoms with Crippen LogP contribution in [0, 0.1) is 0 Å². The fourth-order valence-electron chi connectivity index (χ4n) is 0.713. The minimum absolute atomic E-state index is 0.537. The van der Waals surface area contributed by atoms with E-state index in [4.69, 9.17) is 0 Å². The molecule has 60 valence electrons. The van der Waals surface area contributed by atoms with E-state index in [1.54, 1.807) is 0 Å². The molecule has 11 heavy (non-hydrogen) atoms. The zero-order valence-corrected chi connectivity index (χ0v) is 8.34. The minimum atomic E-state index is -0.556. The summed E-state index contributed by atoms with van der Waals surface area (Å²) >= 11 is 2.77. The van der Waals surface area contributed by atoms with Gasteiger partial charge in [-0.25, -0.2) is 4.36 Å². The molecule has 4 heteroatoms. The van der Waals surface area contributed by atoms with Gasteiger partial charge in [0.25, 0.3) is 0 Å². The van der Waals surface area contributed by atoms with E-state index in [0.29, 0.717) is 6.54 Å². The second-order valence-corrected chi connectivity index (χ2v) is 3.45. The van der Waals surface area contributed by atoms with Crippen molar-refractivity contribution in [2.75, 3.05) is 0 Å². The van der Waals surface area contributed by atoms with Gasteiger partial charge in [0.2, 0.25) is 0 Å². The van der Waals surface area contributed by atoms with Crippen molar-refractivity contribution in [1.82, 2.24) is 0 Å². The van der Waals surface area contributed by atoms with Gasteiger partial charge in [-0.2, -0.15) is 0 Å². The normalized spacial score (nSPS) is 10.6. The second-order valence-electron chi connectivity index (χ2n) is 2.03. The predicted octanol–water partition coefficient (Wildman–Crippen LogP) is 1.81. The Balaban J connectivity index is 2.73. The average Bonchev–Trinajstić information content (AvgIpc) is 2.04. The van der Waals surface area contributed by atoms with Crippen LogP contribution >= 0.6 is 15.9 Å². The summed E-state index contributed by atoms with van der Waals surface area (Å²) in [6, 6.07) is 7.79. The van der Waals surface area contributed by atoms with Crippen LogP contribution < -0.4 is 0 Å². The third kappa shape index (κ3) is 3.03. The van der Waals surface area contributed by atoms with Gasteiger partial charge in [-0.1, -0.05) is 28.1 Å². The molecule has 1 aromatic carbocycles. The highest BCUT2D eigenvalue weighted by Crippen LogP contribution is 2.10. The molecule has 0 heterocycles. The highest BCUT2D eigenvalue weighted by molar-refractivity contribution is 9.10. The van der Waals surface area contributed by atoms with Gasteiger partial charge in [-0.3, -0.25) is 4.21 Å². The Morgan fingerprint density at radius 1 is 1.36 bits per heavy atom. The SMILES string of the molecule is O=[SH2]=NCc1ccc(Br)cc1. The van der Waals surface area contributed by atoms with Crippen molar-refractivity contribution < 1.29 is 4.21 Å². The van der Waals surface area contributed by atoms with E-state index in [1.165, 1.54) is 0 Å². The molecule has 2 nitrogen and oxygen atoms in total. The molecule has 0 aliphatic rings. The van der Waals surface area contributed by atoms with E-state index < -0.39 is 11.5 Å². The van der Waals surface area contributed by atoms with Crippen LogP contribution in [0.2, 0.25) is 0 Å². The number of rotatable bonds is 2. The molecule has 0 aromatic heterocycles. The molecule has 0 radical (unpaired) electrons. The van der Waals surface area contributed by atoms with Crippen molar-refractivity contribution in [3.8, 4) is 0 Å². The van der Waals surface area contributed by atoms with Crippen LogP contribution in [0.5, 0.6) is 0 Å². The molecule has 0 unspecified atom stereocenters. The van der Waals surface area contributed by atoms with Crippen LogP contribution in [0.25, 0.3) is 0 Å². The monoisotopic (exact) mass is 233 g/mol. The van der Waals surface area contributed by atoms with E-state index in [2.05, 4.69) is 20.3 Å². The lowest BCUT2D eigenvalue weighted by Crippen LogP contribution is -1.77. The molecule has 0 saturated heterocycles. The van der Waals surface area contributed by atoms with Crippen LogP contribution in [0.3, 0.4) is 0 Å². The fourth-order valence-corrected chi connectivity index (χ4v) is 1.22. The summed E-state index contributed by atoms with van der Waals surface area (Å²) in [5.74, 6) is 0. The van der Waals surface area contributed by atoms with Gasteiger partial charge in [0.15, 0.2) is 0 Å². The molecule has 0 aliphatic carbocycles. The largest absolute Gasteiger partial charge is 0.256 e. The minimum Gasteiger partial charge on any atom is -0.256 e. The number of nitrogens with zero attached hydrogens (tertiary/aromatic N) is 1. The molecule has 0 atom stereocenters. The van der Waals surface area contributed by atoms with Crippen molar-refractivity contribution >= 4 is 27.4 Å². The Bertz CT molecular complexity index is 279. The lowest BCUT2D eigenvalue weighted by molar-refractivity contribution is 0.696. The zero-order valence-electron chi connectivity index (χ0n) is 5.75. The maximum absolute atomic E-state index is 10.0. The van der Waals surface area contributed by atoms with Gasteiger partial charge in [0.1, 0.15) is 0 Å². The van der Waals surface area contributed by atoms with E-state index in [1.807, 2.05) is 24.3 Å². The molecule has 0 spiro atoms. The number of halogens is 1. The molecule has 0 amide bonds. The lowest BCUT2D eigenvalue weighted by Gasteiger charge is -1.93. The first-order chi connectivity index (χ1) is 5.33. The van der Waals surface area contributed by atoms with Gasteiger partial charge in [-0.05, 0) is 17.7 Å². The van der Waals surface area contributed by atoms with Crippen LogP contribution in [-0.2, 0) is 18.0 Å². The molecule has 0 fully saturated rings. The first kappa shape index (κ1) is 8.74. The van der Waals surface area contributed by atoms with Gasteiger partial charge in [-0.15, -0.1) is 0 Å². The molecule has 0 aliphatic heterocycles. The summed E-state index contributed by atoms with van der Waals surface area (Å²) < 4.78 is 14.8. The molecular formula is C7H8BrNOS. The van der Waals surface area contributed by atoms with Gasteiger partial charge in [0.05, 0.1) is 6.54 Å². The van der Waals surface area contributed by atoms with Gasteiger partial charge < -0.3 is 0 Å². The van der Waals surface area contributed by atoms with Crippen molar-refractivity contribution in [3.63, 3.8) is 0 Å². The van der Waals surface area contributed by atoms with E-state index in [9.17, 15) is 4.21 Å². The molecule has 1 aromatic rings. The Labute approximate surface area is 77.0 Å². The van der Waals surface area contributed by atoms with E-state index in [-0.39, 0.29) is 0 Å². The number of hydrogen-bond acceptors (Lipinski definition) is 2. The topological polar surface area (TPSA) is 29.4 Å². The summed E-state index contributed by atoms with van der Waals surface area (Å²) in [7, 11) is 0. The number of hydrogen-bond donors (Lipinski definition) is 0. The van der Waals surface area contributed by atoms with Crippen LogP contribution in [0.4, 0.5) is 0 Å². The third-order valence-electron chi connectivity index (χ3n) is 1.24. The Morgan fingerprint density at radius 3 is 2.55 bits per heavy atom. The predicted molar refractivity (Wildman–Crippen MR) is 51.2 cm³/mol. The van der Waals surface area contributed by atoms with Crippen molar-refractivity contribution in [3.05, 3.63) is 34.3 Å². The summed E-state index contributed by atoms with van der Waals surface area (Å²) in [6.07, 6.45) is 0. The Hall–Kier alpha value is -0.350. The van der Waals surface area contributed by atoms with E-state index >= 15 is 0 Å². The summed E-state index contributed by atoms with van der Waals surface area (Å²) in [6.45, 7) is 0.537. The van der Waals surface area contributed by atoms with Crippen LogP contribution in [-0.4, -0.2) is 4.21 Å². The maximum atomic E-state index is 10.0. The number of benzene rings is 1. The van der Waals surface area contributed by atoms with Crippen molar-refractivity contribution in [2.24, 2.45) is 4.36 Å². The first-order valence-corrected chi connectivity index (χ1v) is 4.76. The Morgan fingerprint density at radius 2 is 2.00 bits per heavy atom. The van der Waals surface area contributed by atoms with E-state index in [0.717, 1.165) is 10.0 Å². The third-order valence-corrected chi connectivity index (χ3v) is 2.06. The van der Waals surface area contributed by atoms with Crippen molar-refractivity contribution in [1.29, 1.82) is 0 Å². The van der Waals surface area contributed by atoms with Gasteiger partial charge >= 0.3 is 0 Å². The standard InChI is InChI=1S/C7H8BrNOS/c8-7-3-1-6(2-4-7)5-9-11-10/h1-4H,5,11H2. The van der Waals surface area contributed by atoms with Crippen molar-refractivity contribution in [2.45, 2.75) is 6.54 Å². The quantitative estimate of drug-likeness (QED) is 0.767. The molecule has 1 rings (SSSR count). The summed E-state index contributed by atoms with van der Waals surface area (Å²) in [5.41, 5.74) is 1.08.